The third-order valence-electron chi connectivity index (χ3n) is 2.74. The van der Waals surface area contributed by atoms with Gasteiger partial charge in [0.1, 0.15) is 0 Å². The highest BCUT2D eigenvalue weighted by Gasteiger charge is 2.20. The van der Waals surface area contributed by atoms with Crippen LogP contribution in [0.2, 0.25) is 0 Å². The summed E-state index contributed by atoms with van der Waals surface area (Å²) in [6.07, 6.45) is 0.791. The molecule has 0 fully saturated rings. The minimum absolute atomic E-state index is 0.141. The highest BCUT2D eigenvalue weighted by molar-refractivity contribution is 7.90. The fraction of sp³-hybridized carbons (Fsp3) is 0.455. The molecule has 0 saturated heterocycles. The van der Waals surface area contributed by atoms with Crippen LogP contribution in [-0.4, -0.2) is 34.6 Å². The van der Waals surface area contributed by atoms with Gasteiger partial charge in [0.2, 0.25) is 20.0 Å². The smallest absolute Gasteiger partial charge is 0.240 e. The molecular formula is C11H18N2O5S2. The number of nitrogens with one attached hydrogen (secondary N) is 1. The summed E-state index contributed by atoms with van der Waals surface area (Å²) in [5, 5.41) is 13.8. The van der Waals surface area contributed by atoms with Crippen molar-refractivity contribution < 1.29 is 21.9 Å². The molecule has 114 valence electrons. The van der Waals surface area contributed by atoms with Crippen molar-refractivity contribution >= 4 is 20.0 Å². The van der Waals surface area contributed by atoms with Crippen molar-refractivity contribution in [2.24, 2.45) is 5.14 Å². The van der Waals surface area contributed by atoms with E-state index in [9.17, 15) is 16.8 Å². The van der Waals surface area contributed by atoms with Gasteiger partial charge >= 0.3 is 0 Å². The van der Waals surface area contributed by atoms with Crippen LogP contribution in [0, 0.1) is 0 Å². The second-order valence-electron chi connectivity index (χ2n) is 4.26. The number of nitrogens with two attached hydrogens (primary N) is 1. The Morgan fingerprint density at radius 3 is 2.35 bits per heavy atom. The molecule has 4 N–H and O–H groups in total. The highest BCUT2D eigenvalue weighted by atomic mass is 32.2. The molecule has 1 unspecified atom stereocenters. The van der Waals surface area contributed by atoms with Crippen LogP contribution in [0.4, 0.5) is 0 Å². The number of benzene rings is 1. The SMILES string of the molecule is CCC(CCO)NS(=O)(=O)c1cccc(S(N)(=O)=O)c1. The van der Waals surface area contributed by atoms with E-state index in [1.54, 1.807) is 6.92 Å². The average molecular weight is 322 g/mol. The van der Waals surface area contributed by atoms with E-state index in [0.29, 0.717) is 6.42 Å². The number of primary sulfonamides is 1. The Labute approximate surface area is 118 Å². The van der Waals surface area contributed by atoms with Crippen molar-refractivity contribution in [3.05, 3.63) is 24.3 Å². The first-order valence-electron chi connectivity index (χ1n) is 5.96. The van der Waals surface area contributed by atoms with Crippen LogP contribution in [0.15, 0.2) is 34.1 Å². The van der Waals surface area contributed by atoms with E-state index in [1.165, 1.54) is 18.2 Å². The van der Waals surface area contributed by atoms with Gasteiger partial charge in [-0.1, -0.05) is 13.0 Å². The highest BCUT2D eigenvalue weighted by Crippen LogP contribution is 2.15. The molecule has 0 amide bonds. The molecule has 0 heterocycles. The molecule has 1 atom stereocenters. The van der Waals surface area contributed by atoms with Crippen LogP contribution < -0.4 is 9.86 Å². The van der Waals surface area contributed by atoms with Crippen molar-refractivity contribution in [3.8, 4) is 0 Å². The predicted octanol–water partition coefficient (Wildman–Crippen LogP) is -0.227. The van der Waals surface area contributed by atoms with Gasteiger partial charge in [0.15, 0.2) is 0 Å². The minimum atomic E-state index is -3.96. The zero-order valence-corrected chi connectivity index (χ0v) is 12.6. The molecule has 0 aliphatic heterocycles. The Balaban J connectivity index is 3.10. The molecule has 0 bridgehead atoms. The van der Waals surface area contributed by atoms with Crippen molar-refractivity contribution in [2.75, 3.05) is 6.61 Å². The van der Waals surface area contributed by atoms with Gasteiger partial charge in [0, 0.05) is 12.6 Å². The summed E-state index contributed by atoms with van der Waals surface area (Å²) in [7, 11) is -7.82. The first kappa shape index (κ1) is 17.1. The Kier molecular flexibility index (Phi) is 5.66. The van der Waals surface area contributed by atoms with E-state index in [1.807, 2.05) is 0 Å². The maximum absolute atomic E-state index is 12.1. The lowest BCUT2D eigenvalue weighted by Crippen LogP contribution is -2.35. The topological polar surface area (TPSA) is 127 Å². The fourth-order valence-corrected chi connectivity index (χ4v) is 3.64. The van der Waals surface area contributed by atoms with Gasteiger partial charge in [0.25, 0.3) is 0 Å². The Morgan fingerprint density at radius 1 is 1.25 bits per heavy atom. The number of hydrogen-bond acceptors (Lipinski definition) is 5. The molecule has 1 aromatic carbocycles. The average Bonchev–Trinajstić information content (AvgIpc) is 2.37. The normalized spacial score (nSPS) is 14.2. The maximum Gasteiger partial charge on any atom is 0.240 e. The van der Waals surface area contributed by atoms with Gasteiger partial charge in [-0.25, -0.2) is 26.7 Å². The van der Waals surface area contributed by atoms with Crippen molar-refractivity contribution in [3.63, 3.8) is 0 Å². The summed E-state index contributed by atoms with van der Waals surface area (Å²) in [5.41, 5.74) is 0. The van der Waals surface area contributed by atoms with E-state index < -0.39 is 26.1 Å². The van der Waals surface area contributed by atoms with Crippen molar-refractivity contribution in [1.82, 2.24) is 4.72 Å². The summed E-state index contributed by atoms with van der Waals surface area (Å²) in [6, 6.07) is 4.40. The van der Waals surface area contributed by atoms with Gasteiger partial charge in [-0.15, -0.1) is 0 Å². The standard InChI is InChI=1S/C11H18N2O5S2/c1-2-9(6-7-14)13-20(17,18)11-5-3-4-10(8-11)19(12,15)16/h3-5,8-9,13-14H,2,6-7H2,1H3,(H2,12,15,16). The van der Waals surface area contributed by atoms with E-state index in [2.05, 4.69) is 4.72 Å². The van der Waals surface area contributed by atoms with Gasteiger partial charge < -0.3 is 5.11 Å². The second-order valence-corrected chi connectivity index (χ2v) is 7.53. The number of rotatable bonds is 7. The molecule has 0 aliphatic carbocycles. The predicted molar refractivity (Wildman–Crippen MR) is 73.9 cm³/mol. The zero-order chi connectivity index (χ0) is 15.4. The van der Waals surface area contributed by atoms with E-state index in [4.69, 9.17) is 10.2 Å². The molecule has 0 aliphatic rings. The largest absolute Gasteiger partial charge is 0.396 e. The minimum Gasteiger partial charge on any atom is -0.396 e. The summed E-state index contributed by atoms with van der Waals surface area (Å²) in [6.45, 7) is 1.64. The zero-order valence-electron chi connectivity index (χ0n) is 11.0. The van der Waals surface area contributed by atoms with E-state index in [-0.39, 0.29) is 22.8 Å². The molecule has 20 heavy (non-hydrogen) atoms. The molecule has 7 nitrogen and oxygen atoms in total. The molecule has 0 spiro atoms. The van der Waals surface area contributed by atoms with Crippen LogP contribution in [0.1, 0.15) is 19.8 Å². The van der Waals surface area contributed by atoms with Gasteiger partial charge in [0.05, 0.1) is 9.79 Å². The third kappa shape index (κ3) is 4.53. The van der Waals surface area contributed by atoms with Crippen LogP contribution >= 0.6 is 0 Å². The Morgan fingerprint density at radius 2 is 1.85 bits per heavy atom. The lowest BCUT2D eigenvalue weighted by molar-refractivity contribution is 0.270. The summed E-state index contributed by atoms with van der Waals surface area (Å²) < 4.78 is 49.1. The first-order valence-corrected chi connectivity index (χ1v) is 8.99. The van der Waals surface area contributed by atoms with Gasteiger partial charge in [-0.05, 0) is 31.0 Å². The van der Waals surface area contributed by atoms with Crippen LogP contribution in [0.3, 0.4) is 0 Å². The lowest BCUT2D eigenvalue weighted by Gasteiger charge is -2.16. The Hall–Kier alpha value is -1.00. The van der Waals surface area contributed by atoms with Crippen LogP contribution in [-0.2, 0) is 20.0 Å². The second kappa shape index (κ2) is 6.64. The molecule has 0 aromatic heterocycles. The number of hydrogen-bond donors (Lipinski definition) is 3. The molecule has 0 saturated carbocycles. The first-order chi connectivity index (χ1) is 9.20. The third-order valence-corrected chi connectivity index (χ3v) is 5.17. The Bertz CT molecular complexity index is 655. The number of aliphatic hydroxyl groups excluding tert-OH is 1. The monoisotopic (exact) mass is 322 g/mol. The number of sulfonamides is 2. The maximum atomic E-state index is 12.1. The molecule has 0 radical (unpaired) electrons. The van der Waals surface area contributed by atoms with Crippen molar-refractivity contribution in [1.29, 1.82) is 0 Å². The van der Waals surface area contributed by atoms with Crippen molar-refractivity contribution in [2.45, 2.75) is 35.6 Å². The van der Waals surface area contributed by atoms with Crippen LogP contribution in [0.5, 0.6) is 0 Å². The summed E-state index contributed by atoms with van der Waals surface area (Å²) in [4.78, 5) is -0.448. The number of aliphatic hydroxyl groups is 1. The lowest BCUT2D eigenvalue weighted by atomic mass is 10.2. The van der Waals surface area contributed by atoms with Gasteiger partial charge in [-0.2, -0.15) is 0 Å². The molecule has 1 aromatic rings. The van der Waals surface area contributed by atoms with E-state index in [0.717, 1.165) is 6.07 Å². The summed E-state index contributed by atoms with van der Waals surface area (Å²) in [5.74, 6) is 0. The molecular weight excluding hydrogens is 304 g/mol. The van der Waals surface area contributed by atoms with E-state index >= 15 is 0 Å². The fourth-order valence-electron chi connectivity index (χ4n) is 1.61. The quantitative estimate of drug-likeness (QED) is 0.639. The van der Waals surface area contributed by atoms with Gasteiger partial charge in [-0.3, -0.25) is 0 Å². The molecule has 9 heteroatoms. The van der Waals surface area contributed by atoms with Crippen LogP contribution in [0.25, 0.3) is 0 Å². The molecule has 1 rings (SSSR count). The summed E-state index contributed by atoms with van der Waals surface area (Å²) >= 11 is 0.